The number of amides is 1. The summed E-state index contributed by atoms with van der Waals surface area (Å²) >= 11 is 0. The van der Waals surface area contributed by atoms with Crippen molar-refractivity contribution in [2.45, 2.75) is 39.2 Å². The van der Waals surface area contributed by atoms with E-state index in [0.717, 1.165) is 12.8 Å². The van der Waals surface area contributed by atoms with Gasteiger partial charge in [-0.25, -0.2) is 4.79 Å². The number of rotatable bonds is 6. The molecule has 98 valence electrons. The molecular weight excluding hydrogens is 222 g/mol. The summed E-state index contributed by atoms with van der Waals surface area (Å²) in [6.45, 7) is 8.97. The molecule has 0 heterocycles. The molecule has 0 spiro atoms. The zero-order chi connectivity index (χ0) is 13.3. The number of hydrogen-bond acceptors (Lipinski definition) is 4. The molecule has 0 aromatic heterocycles. The maximum Gasteiger partial charge on any atom is 0.407 e. The molecule has 0 bridgehead atoms. The zero-order valence-electron chi connectivity index (χ0n) is 10.7. The number of allylic oxidation sites excluding steroid dienone is 1. The van der Waals surface area contributed by atoms with Gasteiger partial charge in [0.1, 0.15) is 12.1 Å². The third-order valence-corrected chi connectivity index (χ3v) is 1.58. The average molecular weight is 243 g/mol. The molecule has 0 saturated carbocycles. The monoisotopic (exact) mass is 243 g/mol. The highest BCUT2D eigenvalue weighted by Crippen LogP contribution is 2.06. The van der Waals surface area contributed by atoms with Crippen molar-refractivity contribution >= 4 is 12.1 Å². The minimum atomic E-state index is -0.611. The number of alkyl carbamates (subject to hydrolysis) is 1. The van der Waals surface area contributed by atoms with E-state index < -0.39 is 17.7 Å². The number of unbranched alkanes of at least 4 members (excludes halogenated alkanes) is 1. The summed E-state index contributed by atoms with van der Waals surface area (Å²) in [6.07, 6.45) is 2.66. The Hall–Kier alpha value is -1.52. The summed E-state index contributed by atoms with van der Waals surface area (Å²) in [5, 5.41) is 2.32. The van der Waals surface area contributed by atoms with Crippen LogP contribution in [0, 0.1) is 0 Å². The predicted octanol–water partition coefficient (Wildman–Crippen LogP) is 2.02. The van der Waals surface area contributed by atoms with Crippen molar-refractivity contribution in [1.29, 1.82) is 0 Å². The van der Waals surface area contributed by atoms with Crippen LogP contribution in [0.4, 0.5) is 4.79 Å². The van der Waals surface area contributed by atoms with Gasteiger partial charge in [-0.15, -0.1) is 6.58 Å². The highest BCUT2D eigenvalue weighted by molar-refractivity contribution is 5.78. The smallest absolute Gasteiger partial charge is 0.407 e. The van der Waals surface area contributed by atoms with Crippen molar-refractivity contribution in [1.82, 2.24) is 5.32 Å². The summed E-state index contributed by atoms with van der Waals surface area (Å²) in [5.74, 6) is -0.486. The van der Waals surface area contributed by atoms with Crippen LogP contribution in [0.5, 0.6) is 0 Å². The standard InChI is InChI=1S/C12H21NO4/c1-5-6-7-8-16-11(15)13-9-10(14)17-12(2,3)4/h5H,1,6-9H2,2-4H3,(H,13,15). The van der Waals surface area contributed by atoms with Crippen molar-refractivity contribution in [3.05, 3.63) is 12.7 Å². The maximum atomic E-state index is 11.2. The van der Waals surface area contributed by atoms with Gasteiger partial charge >= 0.3 is 12.1 Å². The molecule has 5 nitrogen and oxygen atoms in total. The molecule has 0 rings (SSSR count). The van der Waals surface area contributed by atoms with E-state index in [1.807, 2.05) is 0 Å². The molecule has 0 saturated heterocycles. The molecule has 0 unspecified atom stereocenters. The van der Waals surface area contributed by atoms with Gasteiger partial charge in [0, 0.05) is 0 Å². The topological polar surface area (TPSA) is 64.6 Å². The van der Waals surface area contributed by atoms with E-state index in [1.165, 1.54) is 0 Å². The number of hydrogen-bond donors (Lipinski definition) is 1. The molecular formula is C12H21NO4. The van der Waals surface area contributed by atoms with E-state index in [4.69, 9.17) is 9.47 Å². The van der Waals surface area contributed by atoms with Gasteiger partial charge < -0.3 is 14.8 Å². The highest BCUT2D eigenvalue weighted by atomic mass is 16.6. The van der Waals surface area contributed by atoms with Crippen molar-refractivity contribution < 1.29 is 19.1 Å². The van der Waals surface area contributed by atoms with Crippen LogP contribution in [0.15, 0.2) is 12.7 Å². The Balaban J connectivity index is 3.63. The van der Waals surface area contributed by atoms with E-state index >= 15 is 0 Å². The van der Waals surface area contributed by atoms with Gasteiger partial charge in [-0.05, 0) is 33.6 Å². The SMILES string of the molecule is C=CCCCOC(=O)NCC(=O)OC(C)(C)C. The number of ether oxygens (including phenoxy) is 2. The predicted molar refractivity (Wildman–Crippen MR) is 64.6 cm³/mol. The van der Waals surface area contributed by atoms with E-state index in [9.17, 15) is 9.59 Å². The average Bonchev–Trinajstić information content (AvgIpc) is 2.19. The second-order valence-electron chi connectivity index (χ2n) is 4.51. The van der Waals surface area contributed by atoms with Gasteiger partial charge in [0.25, 0.3) is 0 Å². The third-order valence-electron chi connectivity index (χ3n) is 1.58. The first-order valence-electron chi connectivity index (χ1n) is 5.58. The van der Waals surface area contributed by atoms with Crippen LogP contribution in [-0.2, 0) is 14.3 Å². The summed E-state index contributed by atoms with van der Waals surface area (Å²) in [7, 11) is 0. The lowest BCUT2D eigenvalue weighted by Gasteiger charge is -2.19. The number of nitrogens with one attached hydrogen (secondary N) is 1. The first-order valence-corrected chi connectivity index (χ1v) is 5.58. The molecule has 0 aliphatic rings. The van der Waals surface area contributed by atoms with E-state index in [2.05, 4.69) is 11.9 Å². The van der Waals surface area contributed by atoms with Gasteiger partial charge in [0.15, 0.2) is 0 Å². The molecule has 17 heavy (non-hydrogen) atoms. The van der Waals surface area contributed by atoms with Crippen LogP contribution in [0.3, 0.4) is 0 Å². The Morgan fingerprint density at radius 2 is 2.00 bits per heavy atom. The van der Waals surface area contributed by atoms with Crippen LogP contribution in [-0.4, -0.2) is 30.8 Å². The molecule has 0 aromatic rings. The van der Waals surface area contributed by atoms with E-state index in [0.29, 0.717) is 6.61 Å². The van der Waals surface area contributed by atoms with Crippen molar-refractivity contribution in [3.8, 4) is 0 Å². The second kappa shape index (κ2) is 7.70. The van der Waals surface area contributed by atoms with Gasteiger partial charge in [-0.1, -0.05) is 6.08 Å². The fourth-order valence-corrected chi connectivity index (χ4v) is 0.965. The normalized spacial score (nSPS) is 10.5. The largest absolute Gasteiger partial charge is 0.459 e. The number of esters is 1. The first-order chi connectivity index (χ1) is 7.85. The van der Waals surface area contributed by atoms with Crippen molar-refractivity contribution in [2.75, 3.05) is 13.2 Å². The van der Waals surface area contributed by atoms with E-state index in [-0.39, 0.29) is 6.54 Å². The van der Waals surface area contributed by atoms with Gasteiger partial charge in [0.2, 0.25) is 0 Å². The number of carbonyl (C=O) groups excluding carboxylic acids is 2. The summed E-state index contributed by atoms with van der Waals surface area (Å²) in [5.41, 5.74) is -0.549. The number of carbonyl (C=O) groups is 2. The summed E-state index contributed by atoms with van der Waals surface area (Å²) in [4.78, 5) is 22.3. The van der Waals surface area contributed by atoms with Crippen LogP contribution < -0.4 is 5.32 Å². The molecule has 1 N–H and O–H groups in total. The Morgan fingerprint density at radius 1 is 1.35 bits per heavy atom. The van der Waals surface area contributed by atoms with Gasteiger partial charge in [-0.3, -0.25) is 4.79 Å². The molecule has 0 aliphatic heterocycles. The Labute approximate surface area is 102 Å². The fraction of sp³-hybridized carbons (Fsp3) is 0.667. The van der Waals surface area contributed by atoms with Gasteiger partial charge in [-0.2, -0.15) is 0 Å². The first kappa shape index (κ1) is 15.5. The van der Waals surface area contributed by atoms with Crippen LogP contribution >= 0.6 is 0 Å². The Morgan fingerprint density at radius 3 is 2.53 bits per heavy atom. The van der Waals surface area contributed by atoms with Crippen molar-refractivity contribution in [2.24, 2.45) is 0 Å². The second-order valence-corrected chi connectivity index (χ2v) is 4.51. The lowest BCUT2D eigenvalue weighted by molar-refractivity contribution is -0.153. The Kier molecular flexibility index (Phi) is 7.02. The van der Waals surface area contributed by atoms with Crippen LogP contribution in [0.1, 0.15) is 33.6 Å². The summed E-state index contributed by atoms with van der Waals surface area (Å²) in [6, 6.07) is 0. The summed E-state index contributed by atoms with van der Waals surface area (Å²) < 4.78 is 9.83. The molecule has 0 fully saturated rings. The molecule has 0 atom stereocenters. The van der Waals surface area contributed by atoms with Crippen LogP contribution in [0.25, 0.3) is 0 Å². The van der Waals surface area contributed by atoms with Gasteiger partial charge in [0.05, 0.1) is 6.61 Å². The fourth-order valence-electron chi connectivity index (χ4n) is 0.965. The lowest BCUT2D eigenvalue weighted by Crippen LogP contribution is -2.35. The minimum Gasteiger partial charge on any atom is -0.459 e. The minimum absolute atomic E-state index is 0.183. The molecule has 5 heteroatoms. The molecule has 0 aromatic carbocycles. The zero-order valence-corrected chi connectivity index (χ0v) is 10.7. The van der Waals surface area contributed by atoms with E-state index in [1.54, 1.807) is 26.8 Å². The third kappa shape index (κ3) is 10.8. The van der Waals surface area contributed by atoms with Crippen LogP contribution in [0.2, 0.25) is 0 Å². The Bertz CT molecular complexity index is 268. The maximum absolute atomic E-state index is 11.2. The highest BCUT2D eigenvalue weighted by Gasteiger charge is 2.16. The molecule has 0 aliphatic carbocycles. The molecule has 0 radical (unpaired) electrons. The molecule has 1 amide bonds. The quantitative estimate of drug-likeness (QED) is 0.440. The lowest BCUT2D eigenvalue weighted by atomic mass is 10.2. The van der Waals surface area contributed by atoms with Crippen molar-refractivity contribution in [3.63, 3.8) is 0 Å².